The molecule has 0 spiro atoms. The van der Waals surface area contributed by atoms with Crippen LogP contribution in [0.3, 0.4) is 0 Å². The number of aryl methyl sites for hydroxylation is 1. The van der Waals surface area contributed by atoms with Crippen LogP contribution in [0.1, 0.15) is 11.5 Å². The van der Waals surface area contributed by atoms with E-state index in [2.05, 4.69) is 19.8 Å². The summed E-state index contributed by atoms with van der Waals surface area (Å²) < 4.78 is 6.39. The van der Waals surface area contributed by atoms with Crippen LogP contribution in [-0.2, 0) is 12.3 Å². The standard InChI is InChI=1S/C8H11ClN6S2/c1-5-11-13-8(15(5)3-2-10)16-4-6-7(9)17-14-12-6/h2-4,10H2,1H3. The van der Waals surface area contributed by atoms with Gasteiger partial charge in [-0.15, -0.1) is 15.3 Å². The third kappa shape index (κ3) is 2.95. The SMILES string of the molecule is Cc1nnc(SCc2nnsc2Cl)n1CCN. The lowest BCUT2D eigenvalue weighted by atomic mass is 10.6. The molecule has 0 amide bonds. The van der Waals surface area contributed by atoms with Crippen molar-refractivity contribution < 1.29 is 0 Å². The van der Waals surface area contributed by atoms with Crippen molar-refractivity contribution in [1.29, 1.82) is 0 Å². The molecule has 2 aromatic heterocycles. The maximum Gasteiger partial charge on any atom is 0.191 e. The molecule has 17 heavy (non-hydrogen) atoms. The summed E-state index contributed by atoms with van der Waals surface area (Å²) in [6.07, 6.45) is 0. The summed E-state index contributed by atoms with van der Waals surface area (Å²) in [5.41, 5.74) is 6.32. The molecule has 0 fully saturated rings. The summed E-state index contributed by atoms with van der Waals surface area (Å²) in [7, 11) is 0. The molecule has 92 valence electrons. The van der Waals surface area contributed by atoms with Gasteiger partial charge < -0.3 is 10.3 Å². The Bertz CT molecular complexity index is 496. The minimum absolute atomic E-state index is 0.561. The van der Waals surface area contributed by atoms with E-state index in [0.29, 0.717) is 23.2 Å². The second-order valence-electron chi connectivity index (χ2n) is 3.25. The lowest BCUT2D eigenvalue weighted by Gasteiger charge is -2.05. The van der Waals surface area contributed by atoms with E-state index in [0.717, 1.165) is 16.7 Å². The first kappa shape index (κ1) is 12.7. The predicted octanol–water partition coefficient (Wildman–Crippen LogP) is 1.34. The summed E-state index contributed by atoms with van der Waals surface area (Å²) in [5.74, 6) is 1.50. The summed E-state index contributed by atoms with van der Waals surface area (Å²) in [5, 5.41) is 12.9. The third-order valence-electron chi connectivity index (χ3n) is 2.10. The van der Waals surface area contributed by atoms with Crippen LogP contribution >= 0.6 is 34.9 Å². The van der Waals surface area contributed by atoms with Gasteiger partial charge in [-0.25, -0.2) is 0 Å². The van der Waals surface area contributed by atoms with Crippen LogP contribution < -0.4 is 5.73 Å². The maximum atomic E-state index is 5.93. The summed E-state index contributed by atoms with van der Waals surface area (Å²) in [4.78, 5) is 0. The van der Waals surface area contributed by atoms with Gasteiger partial charge in [0.1, 0.15) is 15.9 Å². The predicted molar refractivity (Wildman–Crippen MR) is 68.3 cm³/mol. The fraction of sp³-hybridized carbons (Fsp3) is 0.500. The topological polar surface area (TPSA) is 82.5 Å². The molecule has 2 heterocycles. The fourth-order valence-electron chi connectivity index (χ4n) is 1.27. The maximum absolute atomic E-state index is 5.93. The average molecular weight is 291 g/mol. The number of nitrogens with two attached hydrogens (primary N) is 1. The molecule has 2 rings (SSSR count). The van der Waals surface area contributed by atoms with Crippen LogP contribution in [-0.4, -0.2) is 30.9 Å². The van der Waals surface area contributed by atoms with Crippen molar-refractivity contribution in [2.45, 2.75) is 24.4 Å². The molecule has 6 nitrogen and oxygen atoms in total. The Kier molecular flexibility index (Phi) is 4.32. The molecular formula is C8H11ClN6S2. The molecule has 0 radical (unpaired) electrons. The molecule has 9 heteroatoms. The van der Waals surface area contributed by atoms with Gasteiger partial charge in [0.2, 0.25) is 0 Å². The first-order chi connectivity index (χ1) is 8.22. The fourth-order valence-corrected chi connectivity index (χ4v) is 3.01. The van der Waals surface area contributed by atoms with Crippen LogP contribution in [0.2, 0.25) is 4.34 Å². The van der Waals surface area contributed by atoms with Crippen LogP contribution in [0.4, 0.5) is 0 Å². The highest BCUT2D eigenvalue weighted by atomic mass is 35.5. The molecule has 0 saturated heterocycles. The van der Waals surface area contributed by atoms with Crippen molar-refractivity contribution >= 4 is 34.9 Å². The van der Waals surface area contributed by atoms with E-state index >= 15 is 0 Å². The van der Waals surface area contributed by atoms with Crippen molar-refractivity contribution in [3.05, 3.63) is 15.9 Å². The summed E-state index contributed by atoms with van der Waals surface area (Å²) in [6.45, 7) is 3.18. The lowest BCUT2D eigenvalue weighted by molar-refractivity contribution is 0.627. The second-order valence-corrected chi connectivity index (χ2v) is 5.55. The van der Waals surface area contributed by atoms with E-state index in [9.17, 15) is 0 Å². The van der Waals surface area contributed by atoms with Gasteiger partial charge in [0.05, 0.1) is 0 Å². The Labute approximate surface area is 112 Å². The zero-order valence-corrected chi connectivity index (χ0v) is 11.5. The third-order valence-corrected chi connectivity index (χ3v) is 4.06. The molecule has 0 saturated carbocycles. The molecule has 0 aliphatic heterocycles. The number of aromatic nitrogens is 5. The normalized spacial score (nSPS) is 11.0. The van der Waals surface area contributed by atoms with Crippen molar-refractivity contribution in [1.82, 2.24) is 24.4 Å². The molecule has 0 unspecified atom stereocenters. The van der Waals surface area contributed by atoms with Gasteiger partial charge in [0, 0.05) is 30.4 Å². The monoisotopic (exact) mass is 290 g/mol. The van der Waals surface area contributed by atoms with E-state index in [4.69, 9.17) is 17.3 Å². The van der Waals surface area contributed by atoms with Gasteiger partial charge in [0.25, 0.3) is 0 Å². The van der Waals surface area contributed by atoms with E-state index in [1.807, 2.05) is 11.5 Å². The Morgan fingerprint density at radius 3 is 2.88 bits per heavy atom. The van der Waals surface area contributed by atoms with E-state index in [1.165, 1.54) is 23.3 Å². The van der Waals surface area contributed by atoms with Gasteiger partial charge in [-0.05, 0) is 6.92 Å². The first-order valence-corrected chi connectivity index (χ1v) is 7.05. The molecule has 0 aliphatic carbocycles. The number of hydrogen-bond acceptors (Lipinski definition) is 7. The van der Waals surface area contributed by atoms with E-state index in [-0.39, 0.29) is 0 Å². The van der Waals surface area contributed by atoms with Gasteiger partial charge in [-0.3, -0.25) is 0 Å². The van der Waals surface area contributed by atoms with Gasteiger partial charge in [0.15, 0.2) is 5.16 Å². The van der Waals surface area contributed by atoms with Crippen LogP contribution in [0.25, 0.3) is 0 Å². The van der Waals surface area contributed by atoms with Crippen molar-refractivity contribution in [2.24, 2.45) is 5.73 Å². The minimum Gasteiger partial charge on any atom is -0.329 e. The van der Waals surface area contributed by atoms with Crippen molar-refractivity contribution in [2.75, 3.05) is 6.54 Å². The zero-order valence-electron chi connectivity index (χ0n) is 9.13. The number of halogens is 1. The Balaban J connectivity index is 2.06. The summed E-state index contributed by atoms with van der Waals surface area (Å²) >= 11 is 8.65. The molecular weight excluding hydrogens is 280 g/mol. The highest BCUT2D eigenvalue weighted by Gasteiger charge is 2.11. The number of hydrogen-bond donors (Lipinski definition) is 1. The largest absolute Gasteiger partial charge is 0.329 e. The highest BCUT2D eigenvalue weighted by Crippen LogP contribution is 2.26. The number of thioether (sulfide) groups is 1. The number of nitrogens with zero attached hydrogens (tertiary/aromatic N) is 5. The average Bonchev–Trinajstić information content (AvgIpc) is 2.86. The molecule has 2 N–H and O–H groups in total. The summed E-state index contributed by atoms with van der Waals surface area (Å²) in [6, 6.07) is 0. The Morgan fingerprint density at radius 1 is 1.41 bits per heavy atom. The molecule has 0 aromatic carbocycles. The van der Waals surface area contributed by atoms with E-state index in [1.54, 1.807) is 0 Å². The minimum atomic E-state index is 0.561. The lowest BCUT2D eigenvalue weighted by Crippen LogP contribution is -2.12. The quantitative estimate of drug-likeness (QED) is 0.837. The first-order valence-electron chi connectivity index (χ1n) is 4.91. The van der Waals surface area contributed by atoms with Crippen LogP contribution in [0, 0.1) is 6.92 Å². The van der Waals surface area contributed by atoms with E-state index < -0.39 is 0 Å². The van der Waals surface area contributed by atoms with Crippen molar-refractivity contribution in [3.8, 4) is 0 Å². The molecule has 0 aliphatic rings. The van der Waals surface area contributed by atoms with Gasteiger partial charge >= 0.3 is 0 Å². The van der Waals surface area contributed by atoms with Gasteiger partial charge in [-0.1, -0.05) is 27.9 Å². The Morgan fingerprint density at radius 2 is 2.24 bits per heavy atom. The smallest absolute Gasteiger partial charge is 0.191 e. The molecule has 2 aromatic rings. The second kappa shape index (κ2) is 5.76. The van der Waals surface area contributed by atoms with Crippen molar-refractivity contribution in [3.63, 3.8) is 0 Å². The molecule has 0 atom stereocenters. The highest BCUT2D eigenvalue weighted by molar-refractivity contribution is 7.98. The molecule has 0 bridgehead atoms. The van der Waals surface area contributed by atoms with Crippen LogP contribution in [0.5, 0.6) is 0 Å². The number of rotatable bonds is 5. The Hall–Kier alpha value is -0.700. The van der Waals surface area contributed by atoms with Crippen LogP contribution in [0.15, 0.2) is 5.16 Å². The zero-order chi connectivity index (χ0) is 12.3. The van der Waals surface area contributed by atoms with Gasteiger partial charge in [-0.2, -0.15) is 0 Å².